The highest BCUT2D eigenvalue weighted by Crippen LogP contribution is 2.25. The van der Waals surface area contributed by atoms with Gasteiger partial charge in [0.05, 0.1) is 11.7 Å². The number of ether oxygens (including phenoxy) is 2. The van der Waals surface area contributed by atoms with Crippen LogP contribution >= 0.6 is 12.6 Å². The molecular formula is C20H22N4O4S. The largest absolute Gasteiger partial charge is 0.475 e. The third-order valence-electron chi connectivity index (χ3n) is 4.10. The molecule has 0 atom stereocenters. The van der Waals surface area contributed by atoms with Crippen molar-refractivity contribution < 1.29 is 19.1 Å². The van der Waals surface area contributed by atoms with Gasteiger partial charge in [-0.1, -0.05) is 0 Å². The Labute approximate surface area is 174 Å². The van der Waals surface area contributed by atoms with Crippen molar-refractivity contribution in [2.75, 3.05) is 13.1 Å². The van der Waals surface area contributed by atoms with Crippen molar-refractivity contribution in [2.24, 2.45) is 0 Å². The lowest BCUT2D eigenvalue weighted by molar-refractivity contribution is 0.0651. The summed E-state index contributed by atoms with van der Waals surface area (Å²) in [5.41, 5.74) is 0.809. The van der Waals surface area contributed by atoms with Gasteiger partial charge in [0.2, 0.25) is 11.8 Å². The van der Waals surface area contributed by atoms with Gasteiger partial charge in [0.25, 0.3) is 11.8 Å². The van der Waals surface area contributed by atoms with Crippen molar-refractivity contribution in [3.8, 4) is 17.5 Å². The van der Waals surface area contributed by atoms with Crippen LogP contribution in [0.4, 0.5) is 0 Å². The summed E-state index contributed by atoms with van der Waals surface area (Å²) in [5, 5.41) is 9.32. The number of likely N-dealkylation sites (tertiary alicyclic amines) is 1. The zero-order valence-corrected chi connectivity index (χ0v) is 17.0. The second-order valence-corrected chi connectivity index (χ2v) is 7.22. The fourth-order valence-electron chi connectivity index (χ4n) is 2.63. The Morgan fingerprint density at radius 3 is 2.34 bits per heavy atom. The summed E-state index contributed by atoms with van der Waals surface area (Å²) in [6.45, 7) is 5.26. The first-order valence-corrected chi connectivity index (χ1v) is 9.61. The minimum atomic E-state index is -0.527. The molecule has 1 aliphatic heterocycles. The zero-order chi connectivity index (χ0) is 21.0. The predicted octanol–water partition coefficient (Wildman–Crippen LogP) is 3.10. The third kappa shape index (κ3) is 5.47. The number of hydrogen-bond acceptors (Lipinski definition) is 6. The van der Waals surface area contributed by atoms with Crippen molar-refractivity contribution in [1.82, 2.24) is 15.2 Å². The van der Waals surface area contributed by atoms with E-state index in [0.29, 0.717) is 11.3 Å². The lowest BCUT2D eigenvalue weighted by atomic mass is 10.1. The first-order chi connectivity index (χ1) is 13.8. The van der Waals surface area contributed by atoms with E-state index in [2.05, 4.69) is 22.9 Å². The molecule has 0 unspecified atom stereocenters. The molecule has 1 aromatic carbocycles. The molecule has 1 fully saturated rings. The number of pyridine rings is 1. The predicted molar refractivity (Wildman–Crippen MR) is 111 cm³/mol. The highest BCUT2D eigenvalue weighted by molar-refractivity contribution is 7.96. The van der Waals surface area contributed by atoms with Gasteiger partial charge >= 0.3 is 0 Å². The van der Waals surface area contributed by atoms with E-state index in [1.807, 2.05) is 13.8 Å². The quantitative estimate of drug-likeness (QED) is 0.383. The van der Waals surface area contributed by atoms with Gasteiger partial charge in [-0.05, 0) is 44.5 Å². The molecule has 2 amide bonds. The highest BCUT2D eigenvalue weighted by Gasteiger charge is 2.21. The van der Waals surface area contributed by atoms with Crippen LogP contribution in [0.15, 0.2) is 36.4 Å². The normalized spacial score (nSPS) is 12.9. The Bertz CT molecular complexity index is 927. The smallest absolute Gasteiger partial charge is 0.257 e. The number of rotatable bonds is 6. The second kappa shape index (κ2) is 8.95. The van der Waals surface area contributed by atoms with Crippen LogP contribution in [0.5, 0.6) is 17.5 Å². The number of thiol groups is 1. The van der Waals surface area contributed by atoms with Crippen LogP contribution in [0.1, 0.15) is 41.0 Å². The van der Waals surface area contributed by atoms with Gasteiger partial charge in [-0.3, -0.25) is 15.0 Å². The van der Waals surface area contributed by atoms with Crippen LogP contribution in [-0.4, -0.2) is 46.1 Å². The number of carbonyl (C=O) groups excluding carboxylic acids is 2. The van der Waals surface area contributed by atoms with Gasteiger partial charge < -0.3 is 19.7 Å². The van der Waals surface area contributed by atoms with Gasteiger partial charge in [0, 0.05) is 30.8 Å². The van der Waals surface area contributed by atoms with Crippen molar-refractivity contribution >= 4 is 29.6 Å². The van der Waals surface area contributed by atoms with Gasteiger partial charge in [-0.15, -0.1) is 12.6 Å². The Kier molecular flexibility index (Phi) is 6.38. The van der Waals surface area contributed by atoms with Crippen LogP contribution in [0.3, 0.4) is 0 Å². The first kappa shape index (κ1) is 20.7. The van der Waals surface area contributed by atoms with Crippen molar-refractivity contribution in [2.45, 2.75) is 26.4 Å². The number of benzene rings is 1. The molecule has 0 bridgehead atoms. The number of amidine groups is 1. The fraction of sp³-hybridized carbons (Fsp3) is 0.300. The summed E-state index contributed by atoms with van der Waals surface area (Å²) in [7, 11) is 0. The molecule has 2 aromatic rings. The molecule has 9 heteroatoms. The molecule has 0 aliphatic carbocycles. The maximum atomic E-state index is 12.2. The zero-order valence-electron chi connectivity index (χ0n) is 16.1. The number of nitrogens with one attached hydrogen (secondary N) is 2. The standard InChI is InChI=1S/C20H22N4O4S/c1-12(2)27-16-10-14(18(25)23-20(21)29)11-17(22-16)28-15-6-4-13(5-7-15)19(26)24-8-3-9-24/h4-7,10-12H,3,8-9H2,1-2H3,(H3,21,23,25,29). The van der Waals surface area contributed by atoms with Crippen LogP contribution < -0.4 is 14.8 Å². The van der Waals surface area contributed by atoms with Crippen molar-refractivity contribution in [3.63, 3.8) is 0 Å². The monoisotopic (exact) mass is 414 g/mol. The number of nitrogens with zero attached hydrogens (tertiary/aromatic N) is 2. The van der Waals surface area contributed by atoms with E-state index in [-0.39, 0.29) is 34.5 Å². The topological polar surface area (TPSA) is 105 Å². The maximum absolute atomic E-state index is 12.2. The first-order valence-electron chi connectivity index (χ1n) is 9.16. The Balaban J connectivity index is 1.80. The summed E-state index contributed by atoms with van der Waals surface area (Å²) in [6, 6.07) is 9.65. The molecule has 1 aliphatic rings. The van der Waals surface area contributed by atoms with E-state index >= 15 is 0 Å². The maximum Gasteiger partial charge on any atom is 0.257 e. The molecule has 29 heavy (non-hydrogen) atoms. The van der Waals surface area contributed by atoms with E-state index in [1.54, 1.807) is 29.2 Å². The van der Waals surface area contributed by atoms with E-state index in [4.69, 9.17) is 14.9 Å². The average molecular weight is 414 g/mol. The molecule has 0 radical (unpaired) electrons. The Hall–Kier alpha value is -3.07. The van der Waals surface area contributed by atoms with Crippen LogP contribution in [0.2, 0.25) is 0 Å². The number of carbonyl (C=O) groups is 2. The molecule has 0 spiro atoms. The molecule has 8 nitrogen and oxygen atoms in total. The Morgan fingerprint density at radius 2 is 1.79 bits per heavy atom. The van der Waals surface area contributed by atoms with Crippen molar-refractivity contribution in [3.05, 3.63) is 47.5 Å². The fourth-order valence-corrected chi connectivity index (χ4v) is 2.74. The summed E-state index contributed by atoms with van der Waals surface area (Å²) in [6.07, 6.45) is 0.888. The van der Waals surface area contributed by atoms with Gasteiger partial charge in [0.15, 0.2) is 5.17 Å². The summed E-state index contributed by atoms with van der Waals surface area (Å²) in [4.78, 5) is 30.5. The average Bonchev–Trinajstić information content (AvgIpc) is 2.59. The molecule has 0 saturated carbocycles. The van der Waals surface area contributed by atoms with E-state index < -0.39 is 5.91 Å². The van der Waals surface area contributed by atoms with Gasteiger partial charge in [-0.25, -0.2) is 0 Å². The number of aromatic nitrogens is 1. The van der Waals surface area contributed by atoms with Gasteiger partial charge in [-0.2, -0.15) is 4.98 Å². The van der Waals surface area contributed by atoms with E-state index in [1.165, 1.54) is 12.1 Å². The van der Waals surface area contributed by atoms with Gasteiger partial charge in [0.1, 0.15) is 5.75 Å². The third-order valence-corrected chi connectivity index (χ3v) is 4.21. The minimum Gasteiger partial charge on any atom is -0.475 e. The number of hydrogen-bond donors (Lipinski definition) is 3. The summed E-state index contributed by atoms with van der Waals surface area (Å²) < 4.78 is 11.4. The van der Waals surface area contributed by atoms with Crippen LogP contribution in [0, 0.1) is 5.41 Å². The molecule has 1 aromatic heterocycles. The SMILES string of the molecule is CC(C)Oc1cc(C(=O)NC(=N)S)cc(Oc2ccc(C(=O)N3CCC3)cc2)n1. The molecule has 1 saturated heterocycles. The molecule has 2 heterocycles. The molecule has 2 N–H and O–H groups in total. The van der Waals surface area contributed by atoms with E-state index in [9.17, 15) is 9.59 Å². The molecular weight excluding hydrogens is 392 g/mol. The second-order valence-electron chi connectivity index (χ2n) is 6.77. The lowest BCUT2D eigenvalue weighted by Crippen LogP contribution is -2.41. The summed E-state index contributed by atoms with van der Waals surface area (Å²) in [5.74, 6) is 0.314. The summed E-state index contributed by atoms with van der Waals surface area (Å²) >= 11 is 3.77. The van der Waals surface area contributed by atoms with Crippen LogP contribution in [0.25, 0.3) is 0 Å². The molecule has 152 valence electrons. The lowest BCUT2D eigenvalue weighted by Gasteiger charge is -2.30. The highest BCUT2D eigenvalue weighted by atomic mass is 32.1. The minimum absolute atomic E-state index is 0.00131. The van der Waals surface area contributed by atoms with E-state index in [0.717, 1.165) is 19.5 Å². The molecule has 3 rings (SSSR count). The Morgan fingerprint density at radius 1 is 1.14 bits per heavy atom. The number of amides is 2. The van der Waals surface area contributed by atoms with Crippen molar-refractivity contribution in [1.29, 1.82) is 5.41 Å². The van der Waals surface area contributed by atoms with Crippen LogP contribution in [-0.2, 0) is 0 Å².